The van der Waals surface area contributed by atoms with E-state index in [-0.39, 0.29) is 11.8 Å². The van der Waals surface area contributed by atoms with Crippen molar-refractivity contribution >= 4 is 17.3 Å². The van der Waals surface area contributed by atoms with Crippen LogP contribution in [0.4, 0.5) is 0 Å². The topological polar surface area (TPSA) is 51.2 Å². The molecule has 2 rings (SSSR count). The summed E-state index contributed by atoms with van der Waals surface area (Å²) < 4.78 is 0. The quantitative estimate of drug-likeness (QED) is 0.568. The third-order valence-electron chi connectivity index (χ3n) is 6.67. The lowest BCUT2D eigenvalue weighted by atomic mass is 9.73. The van der Waals surface area contributed by atoms with E-state index in [4.69, 9.17) is 0 Å². The van der Waals surface area contributed by atoms with Gasteiger partial charge in [-0.15, -0.1) is 0 Å². The van der Waals surface area contributed by atoms with Crippen LogP contribution >= 0.6 is 0 Å². The molecule has 142 valence electrons. The van der Waals surface area contributed by atoms with Crippen molar-refractivity contribution in [2.75, 3.05) is 0 Å². The SMILES string of the molecule is CCC(=O)CCC1CCC(C(=O)CC2CCC(C(=O)CC)CC2)CC1. The van der Waals surface area contributed by atoms with Crippen LogP contribution < -0.4 is 0 Å². The molecule has 0 spiro atoms. The van der Waals surface area contributed by atoms with Crippen LogP contribution in [0, 0.1) is 23.7 Å². The van der Waals surface area contributed by atoms with E-state index in [2.05, 4.69) is 0 Å². The number of hydrogen-bond acceptors (Lipinski definition) is 3. The smallest absolute Gasteiger partial charge is 0.136 e. The molecule has 0 N–H and O–H groups in total. The van der Waals surface area contributed by atoms with Gasteiger partial charge in [-0.25, -0.2) is 0 Å². The average Bonchev–Trinajstić information content (AvgIpc) is 2.66. The number of ketones is 3. The Labute approximate surface area is 153 Å². The largest absolute Gasteiger partial charge is 0.300 e. The predicted octanol–water partition coefficient (Wildman–Crippen LogP) is 5.30. The molecule has 0 aromatic heterocycles. The number of carbonyl (C=O) groups is 3. The van der Waals surface area contributed by atoms with Gasteiger partial charge in [0.1, 0.15) is 17.3 Å². The number of Topliss-reactive ketones (excluding diaryl/α,β-unsaturated/α-hetero) is 3. The van der Waals surface area contributed by atoms with Gasteiger partial charge < -0.3 is 0 Å². The normalized spacial score (nSPS) is 30.0. The van der Waals surface area contributed by atoms with Crippen LogP contribution in [-0.4, -0.2) is 17.3 Å². The molecule has 0 aliphatic heterocycles. The van der Waals surface area contributed by atoms with Crippen molar-refractivity contribution in [1.82, 2.24) is 0 Å². The van der Waals surface area contributed by atoms with Crippen LogP contribution in [0.1, 0.15) is 97.3 Å². The second-order valence-corrected chi connectivity index (χ2v) is 8.36. The summed E-state index contributed by atoms with van der Waals surface area (Å²) in [6.07, 6.45) is 12.1. The molecule has 0 aromatic rings. The Balaban J connectivity index is 1.66. The van der Waals surface area contributed by atoms with Crippen molar-refractivity contribution < 1.29 is 14.4 Å². The van der Waals surface area contributed by atoms with Crippen LogP contribution in [0.2, 0.25) is 0 Å². The standard InChI is InChI=1S/C22H36O3/c1-3-20(23)14-9-16-5-10-19(11-6-16)22(25)15-17-7-12-18(13-8-17)21(24)4-2/h16-19H,3-15H2,1-2H3. The summed E-state index contributed by atoms with van der Waals surface area (Å²) in [5.41, 5.74) is 0. The van der Waals surface area contributed by atoms with Gasteiger partial charge in [-0.3, -0.25) is 14.4 Å². The maximum Gasteiger partial charge on any atom is 0.136 e. The highest BCUT2D eigenvalue weighted by molar-refractivity contribution is 5.82. The Morgan fingerprint density at radius 3 is 1.72 bits per heavy atom. The highest BCUT2D eigenvalue weighted by Gasteiger charge is 2.30. The van der Waals surface area contributed by atoms with Crippen molar-refractivity contribution in [2.45, 2.75) is 97.3 Å². The van der Waals surface area contributed by atoms with Crippen molar-refractivity contribution in [2.24, 2.45) is 23.7 Å². The molecule has 25 heavy (non-hydrogen) atoms. The summed E-state index contributed by atoms with van der Waals surface area (Å²) in [6, 6.07) is 0. The fraction of sp³-hybridized carbons (Fsp3) is 0.864. The van der Waals surface area contributed by atoms with Crippen molar-refractivity contribution in [1.29, 1.82) is 0 Å². The molecule has 0 radical (unpaired) electrons. The van der Waals surface area contributed by atoms with Gasteiger partial charge in [0, 0.05) is 37.5 Å². The molecule has 2 aliphatic rings. The highest BCUT2D eigenvalue weighted by Crippen LogP contribution is 2.36. The first kappa shape index (κ1) is 20.3. The summed E-state index contributed by atoms with van der Waals surface area (Å²) in [5.74, 6) is 2.92. The molecule has 0 unspecified atom stereocenters. The zero-order valence-corrected chi connectivity index (χ0v) is 16.2. The number of hydrogen-bond donors (Lipinski definition) is 0. The maximum atomic E-state index is 12.6. The first-order valence-corrected chi connectivity index (χ1v) is 10.6. The van der Waals surface area contributed by atoms with Gasteiger partial charge in [0.2, 0.25) is 0 Å². The average molecular weight is 349 g/mol. The van der Waals surface area contributed by atoms with Crippen molar-refractivity contribution in [3.05, 3.63) is 0 Å². The zero-order chi connectivity index (χ0) is 18.2. The summed E-state index contributed by atoms with van der Waals surface area (Å²) in [4.78, 5) is 35.9. The molecule has 3 heteroatoms. The molecule has 0 atom stereocenters. The minimum atomic E-state index is 0.258. The monoisotopic (exact) mass is 348 g/mol. The third-order valence-corrected chi connectivity index (χ3v) is 6.67. The number of rotatable bonds is 9. The third kappa shape index (κ3) is 6.34. The minimum Gasteiger partial charge on any atom is -0.300 e. The highest BCUT2D eigenvalue weighted by atomic mass is 16.1. The first-order valence-electron chi connectivity index (χ1n) is 10.6. The van der Waals surface area contributed by atoms with Crippen LogP contribution in [0.3, 0.4) is 0 Å². The van der Waals surface area contributed by atoms with Gasteiger partial charge in [0.25, 0.3) is 0 Å². The summed E-state index contributed by atoms with van der Waals surface area (Å²) in [5, 5.41) is 0. The van der Waals surface area contributed by atoms with E-state index in [0.717, 1.165) is 70.6 Å². The Bertz CT molecular complexity index is 452. The fourth-order valence-corrected chi connectivity index (χ4v) is 4.74. The molecule has 0 saturated heterocycles. The maximum absolute atomic E-state index is 12.6. The minimum absolute atomic E-state index is 0.258. The van der Waals surface area contributed by atoms with Crippen molar-refractivity contribution in [3.63, 3.8) is 0 Å². The van der Waals surface area contributed by atoms with E-state index in [1.807, 2.05) is 13.8 Å². The molecular weight excluding hydrogens is 312 g/mol. The van der Waals surface area contributed by atoms with E-state index < -0.39 is 0 Å². The number of carbonyl (C=O) groups excluding carboxylic acids is 3. The van der Waals surface area contributed by atoms with E-state index in [1.54, 1.807) is 0 Å². The lowest BCUT2D eigenvalue weighted by Crippen LogP contribution is -2.27. The molecule has 2 fully saturated rings. The second-order valence-electron chi connectivity index (χ2n) is 8.36. The van der Waals surface area contributed by atoms with Gasteiger partial charge in [-0.05, 0) is 69.6 Å². The van der Waals surface area contributed by atoms with E-state index in [9.17, 15) is 14.4 Å². The molecular formula is C22H36O3. The van der Waals surface area contributed by atoms with Gasteiger partial charge in [0.05, 0.1) is 0 Å². The summed E-state index contributed by atoms with van der Waals surface area (Å²) in [6.45, 7) is 3.88. The lowest BCUT2D eigenvalue weighted by Gasteiger charge is -2.31. The molecule has 0 aromatic carbocycles. The van der Waals surface area contributed by atoms with E-state index in [1.165, 1.54) is 0 Å². The predicted molar refractivity (Wildman–Crippen MR) is 100 cm³/mol. The molecule has 0 bridgehead atoms. The molecule has 0 heterocycles. The van der Waals surface area contributed by atoms with Crippen LogP contribution in [0.25, 0.3) is 0 Å². The molecule has 2 aliphatic carbocycles. The molecule has 0 amide bonds. The first-order chi connectivity index (χ1) is 12.0. The lowest BCUT2D eigenvalue weighted by molar-refractivity contribution is -0.126. The Hall–Kier alpha value is -0.990. The summed E-state index contributed by atoms with van der Waals surface area (Å²) in [7, 11) is 0. The van der Waals surface area contributed by atoms with Gasteiger partial charge in [-0.2, -0.15) is 0 Å². The van der Waals surface area contributed by atoms with Gasteiger partial charge in [0.15, 0.2) is 0 Å². The molecule has 3 nitrogen and oxygen atoms in total. The van der Waals surface area contributed by atoms with Gasteiger partial charge in [-0.1, -0.05) is 13.8 Å². The fourth-order valence-electron chi connectivity index (χ4n) is 4.74. The van der Waals surface area contributed by atoms with Gasteiger partial charge >= 0.3 is 0 Å². The van der Waals surface area contributed by atoms with E-state index in [0.29, 0.717) is 42.0 Å². The second kappa shape index (κ2) is 10.2. The van der Waals surface area contributed by atoms with Crippen molar-refractivity contribution in [3.8, 4) is 0 Å². The van der Waals surface area contributed by atoms with E-state index >= 15 is 0 Å². The zero-order valence-electron chi connectivity index (χ0n) is 16.2. The Morgan fingerprint density at radius 1 is 0.680 bits per heavy atom. The van der Waals surface area contributed by atoms with Crippen LogP contribution in [-0.2, 0) is 14.4 Å². The van der Waals surface area contributed by atoms with Crippen LogP contribution in [0.15, 0.2) is 0 Å². The molecule has 2 saturated carbocycles. The Morgan fingerprint density at radius 2 is 1.20 bits per heavy atom. The summed E-state index contributed by atoms with van der Waals surface area (Å²) >= 11 is 0. The Kier molecular flexibility index (Phi) is 8.32. The van der Waals surface area contributed by atoms with Crippen LogP contribution in [0.5, 0.6) is 0 Å².